The Balaban J connectivity index is 2.53. The van der Waals surface area contributed by atoms with E-state index in [1.807, 2.05) is 0 Å². The maximum absolute atomic E-state index is 11.1. The number of rotatable bonds is 3. The molecule has 8 heteroatoms. The topological polar surface area (TPSA) is 104 Å². The number of hydrogen-bond donors (Lipinski definition) is 1. The predicted molar refractivity (Wildman–Crippen MR) is 74.1 cm³/mol. The number of aromatic nitrogens is 2. The summed E-state index contributed by atoms with van der Waals surface area (Å²) in [4.78, 5) is 18.1. The van der Waals surface area contributed by atoms with E-state index in [-0.39, 0.29) is 28.2 Å². The van der Waals surface area contributed by atoms with Gasteiger partial charge in [-0.2, -0.15) is 4.98 Å². The van der Waals surface area contributed by atoms with Crippen molar-refractivity contribution in [3.8, 4) is 11.6 Å². The van der Waals surface area contributed by atoms with Crippen LogP contribution < -0.4 is 10.5 Å². The van der Waals surface area contributed by atoms with Crippen LogP contribution in [0, 0.1) is 24.0 Å². The summed E-state index contributed by atoms with van der Waals surface area (Å²) < 4.78 is 5.47. The molecule has 20 heavy (non-hydrogen) atoms. The molecule has 0 aliphatic heterocycles. The Morgan fingerprint density at radius 2 is 2.05 bits per heavy atom. The fourth-order valence-corrected chi connectivity index (χ4v) is 1.86. The molecular formula is C12H11ClN4O3. The molecule has 1 aromatic heterocycles. The van der Waals surface area contributed by atoms with Crippen molar-refractivity contribution in [2.75, 3.05) is 5.73 Å². The third kappa shape index (κ3) is 2.62. The van der Waals surface area contributed by atoms with Gasteiger partial charge in [-0.15, -0.1) is 0 Å². The summed E-state index contributed by atoms with van der Waals surface area (Å²) in [5.74, 6) is 0.0714. The van der Waals surface area contributed by atoms with Crippen LogP contribution >= 0.6 is 11.6 Å². The largest absolute Gasteiger partial charge is 0.429 e. The number of nitrogen functional groups attached to an aromatic ring is 1. The number of nitrogens with two attached hydrogens (primary N) is 1. The average molecular weight is 295 g/mol. The Hall–Kier alpha value is -2.41. The zero-order valence-electron chi connectivity index (χ0n) is 10.8. The van der Waals surface area contributed by atoms with Crippen LogP contribution in [0.5, 0.6) is 11.6 Å². The van der Waals surface area contributed by atoms with E-state index in [0.717, 1.165) is 5.56 Å². The van der Waals surface area contributed by atoms with Crippen molar-refractivity contribution in [3.63, 3.8) is 0 Å². The Labute approximate surface area is 119 Å². The number of aryl methyl sites for hydroxylation is 2. The molecule has 0 saturated carbocycles. The average Bonchev–Trinajstić information content (AvgIpc) is 2.37. The maximum atomic E-state index is 11.1. The van der Waals surface area contributed by atoms with E-state index >= 15 is 0 Å². The lowest BCUT2D eigenvalue weighted by Crippen LogP contribution is -2.01. The van der Waals surface area contributed by atoms with Crippen molar-refractivity contribution < 1.29 is 9.66 Å². The van der Waals surface area contributed by atoms with E-state index in [0.29, 0.717) is 5.56 Å². The van der Waals surface area contributed by atoms with Gasteiger partial charge in [-0.25, -0.2) is 4.98 Å². The van der Waals surface area contributed by atoms with Gasteiger partial charge in [0, 0.05) is 6.07 Å². The fourth-order valence-electron chi connectivity index (χ4n) is 1.74. The van der Waals surface area contributed by atoms with Gasteiger partial charge in [0.25, 0.3) is 0 Å². The van der Waals surface area contributed by atoms with E-state index in [1.165, 1.54) is 12.4 Å². The maximum Gasteiger partial charge on any atom is 0.312 e. The molecule has 7 nitrogen and oxygen atoms in total. The van der Waals surface area contributed by atoms with Crippen molar-refractivity contribution in [1.82, 2.24) is 9.97 Å². The zero-order chi connectivity index (χ0) is 14.9. The zero-order valence-corrected chi connectivity index (χ0v) is 11.5. The summed E-state index contributed by atoms with van der Waals surface area (Å²) in [5, 5.41) is 11.1. The highest BCUT2D eigenvalue weighted by atomic mass is 35.5. The lowest BCUT2D eigenvalue weighted by molar-refractivity contribution is -0.385. The van der Waals surface area contributed by atoms with Crippen LogP contribution in [-0.4, -0.2) is 14.9 Å². The minimum atomic E-state index is -0.520. The lowest BCUT2D eigenvalue weighted by Gasteiger charge is -2.11. The minimum absolute atomic E-state index is 0.0138. The molecule has 0 radical (unpaired) electrons. The molecule has 1 aromatic carbocycles. The molecule has 2 N–H and O–H groups in total. The van der Waals surface area contributed by atoms with Gasteiger partial charge in [0.1, 0.15) is 12.0 Å². The quantitative estimate of drug-likeness (QED) is 0.530. The second-order valence-electron chi connectivity index (χ2n) is 4.17. The van der Waals surface area contributed by atoms with E-state index in [2.05, 4.69) is 9.97 Å². The number of nitro groups is 1. The molecule has 104 valence electrons. The summed E-state index contributed by atoms with van der Waals surface area (Å²) in [6.45, 7) is 3.47. The van der Waals surface area contributed by atoms with E-state index in [4.69, 9.17) is 22.1 Å². The van der Waals surface area contributed by atoms with Crippen LogP contribution in [0.2, 0.25) is 5.15 Å². The molecule has 0 saturated heterocycles. The van der Waals surface area contributed by atoms with E-state index in [9.17, 15) is 10.1 Å². The van der Waals surface area contributed by atoms with Gasteiger partial charge in [0.05, 0.1) is 4.92 Å². The van der Waals surface area contributed by atoms with Crippen molar-refractivity contribution in [1.29, 1.82) is 0 Å². The number of benzene rings is 1. The summed E-state index contributed by atoms with van der Waals surface area (Å²) in [5.41, 5.74) is 6.92. The first-order chi connectivity index (χ1) is 9.40. The van der Waals surface area contributed by atoms with Crippen LogP contribution in [0.25, 0.3) is 0 Å². The first-order valence-corrected chi connectivity index (χ1v) is 5.97. The van der Waals surface area contributed by atoms with Gasteiger partial charge < -0.3 is 10.5 Å². The minimum Gasteiger partial charge on any atom is -0.429 e. The molecule has 0 amide bonds. The predicted octanol–water partition coefficient (Wildman–Crippen LogP) is 3.03. The van der Waals surface area contributed by atoms with Crippen LogP contribution in [-0.2, 0) is 0 Å². The van der Waals surface area contributed by atoms with Crippen molar-refractivity contribution in [2.45, 2.75) is 13.8 Å². The number of nitro benzene ring substituents is 1. The molecule has 0 aliphatic carbocycles. The molecule has 0 atom stereocenters. The second kappa shape index (κ2) is 5.30. The summed E-state index contributed by atoms with van der Waals surface area (Å²) in [7, 11) is 0. The summed E-state index contributed by atoms with van der Waals surface area (Å²) in [6.07, 6.45) is 1.17. The number of hydrogen-bond acceptors (Lipinski definition) is 6. The summed E-state index contributed by atoms with van der Waals surface area (Å²) in [6, 6.07) is 3.18. The highest BCUT2D eigenvalue weighted by Gasteiger charge is 2.21. The van der Waals surface area contributed by atoms with E-state index < -0.39 is 4.92 Å². The molecule has 0 bridgehead atoms. The van der Waals surface area contributed by atoms with Crippen LogP contribution in [0.3, 0.4) is 0 Å². The van der Waals surface area contributed by atoms with Crippen molar-refractivity contribution in [3.05, 3.63) is 44.9 Å². The van der Waals surface area contributed by atoms with Crippen molar-refractivity contribution >= 4 is 23.0 Å². The molecule has 2 rings (SSSR count). The molecule has 0 unspecified atom stereocenters. The Morgan fingerprint density at radius 1 is 1.35 bits per heavy atom. The van der Waals surface area contributed by atoms with Gasteiger partial charge in [-0.05, 0) is 25.0 Å². The van der Waals surface area contributed by atoms with Gasteiger partial charge in [0.2, 0.25) is 11.6 Å². The number of halogens is 1. The third-order valence-corrected chi connectivity index (χ3v) is 2.89. The smallest absolute Gasteiger partial charge is 0.312 e. The molecule has 0 fully saturated rings. The Morgan fingerprint density at radius 3 is 2.70 bits per heavy atom. The Bertz CT molecular complexity index is 691. The highest BCUT2D eigenvalue weighted by molar-refractivity contribution is 6.32. The normalized spacial score (nSPS) is 10.3. The highest BCUT2D eigenvalue weighted by Crippen LogP contribution is 2.37. The van der Waals surface area contributed by atoms with Gasteiger partial charge in [-0.3, -0.25) is 10.1 Å². The first kappa shape index (κ1) is 14.0. The van der Waals surface area contributed by atoms with Crippen molar-refractivity contribution in [2.24, 2.45) is 0 Å². The SMILES string of the molecule is Cc1cc(C)c(Oc2ncnc(Cl)c2N)c([N+](=O)[O-])c1. The third-order valence-electron chi connectivity index (χ3n) is 2.59. The van der Waals surface area contributed by atoms with Gasteiger partial charge in [0.15, 0.2) is 5.15 Å². The van der Waals surface area contributed by atoms with Crippen LogP contribution in [0.1, 0.15) is 11.1 Å². The lowest BCUT2D eigenvalue weighted by atomic mass is 10.1. The van der Waals surface area contributed by atoms with Gasteiger partial charge in [-0.1, -0.05) is 17.7 Å². The molecule has 2 aromatic rings. The Kier molecular flexibility index (Phi) is 3.71. The molecule has 0 spiro atoms. The second-order valence-corrected chi connectivity index (χ2v) is 4.53. The molecule has 1 heterocycles. The number of anilines is 1. The van der Waals surface area contributed by atoms with Gasteiger partial charge >= 0.3 is 5.69 Å². The monoisotopic (exact) mass is 294 g/mol. The van der Waals surface area contributed by atoms with Crippen LogP contribution in [0.15, 0.2) is 18.5 Å². The number of ether oxygens (including phenoxy) is 1. The van der Waals surface area contributed by atoms with E-state index in [1.54, 1.807) is 19.9 Å². The standard InChI is InChI=1S/C12H11ClN4O3/c1-6-3-7(2)10(8(4-6)17(18)19)20-12-9(14)11(13)15-5-16-12/h3-5H,14H2,1-2H3. The summed E-state index contributed by atoms with van der Waals surface area (Å²) >= 11 is 5.76. The molecular weight excluding hydrogens is 284 g/mol. The fraction of sp³-hybridized carbons (Fsp3) is 0.167. The number of nitrogens with zero attached hydrogens (tertiary/aromatic N) is 3. The first-order valence-electron chi connectivity index (χ1n) is 5.59. The molecule has 0 aliphatic rings. The van der Waals surface area contributed by atoms with Crippen LogP contribution in [0.4, 0.5) is 11.4 Å².